The lowest BCUT2D eigenvalue weighted by molar-refractivity contribution is -0.140. The molecule has 0 fully saturated rings. The van der Waals surface area contributed by atoms with E-state index in [2.05, 4.69) is 9.72 Å². The molecule has 1 heterocycles. The van der Waals surface area contributed by atoms with Gasteiger partial charge in [0.25, 0.3) is 0 Å². The molecule has 0 atom stereocenters. The van der Waals surface area contributed by atoms with Crippen molar-refractivity contribution in [2.45, 2.75) is 25.4 Å². The maximum atomic E-state index is 12.0. The molecule has 0 bridgehead atoms. The van der Waals surface area contributed by atoms with Crippen molar-refractivity contribution in [2.75, 3.05) is 7.11 Å². The van der Waals surface area contributed by atoms with Crippen molar-refractivity contribution in [3.8, 4) is 0 Å². The zero-order valence-corrected chi connectivity index (χ0v) is 9.32. The van der Waals surface area contributed by atoms with E-state index in [9.17, 15) is 18.0 Å². The number of aromatic nitrogens is 1. The minimum absolute atomic E-state index is 0.0207. The van der Waals surface area contributed by atoms with E-state index in [4.69, 9.17) is 0 Å². The molecule has 0 saturated carbocycles. The minimum Gasteiger partial charge on any atom is -0.469 e. The lowest BCUT2D eigenvalue weighted by atomic mass is 10.2. The van der Waals surface area contributed by atoms with E-state index in [0.717, 1.165) is 11.3 Å². The molecule has 90 valence electrons. The van der Waals surface area contributed by atoms with Gasteiger partial charge in [0.05, 0.1) is 25.6 Å². The highest BCUT2D eigenvalue weighted by Crippen LogP contribution is 2.23. The molecule has 3 nitrogen and oxygen atoms in total. The number of ether oxygens (including phenoxy) is 1. The van der Waals surface area contributed by atoms with Gasteiger partial charge in [-0.2, -0.15) is 13.2 Å². The smallest absolute Gasteiger partial charge is 0.395 e. The highest BCUT2D eigenvalue weighted by molar-refractivity contribution is 7.09. The Kier molecular flexibility index (Phi) is 4.28. The Morgan fingerprint density at radius 3 is 2.81 bits per heavy atom. The van der Waals surface area contributed by atoms with Gasteiger partial charge < -0.3 is 4.74 Å². The van der Waals surface area contributed by atoms with E-state index in [1.54, 1.807) is 0 Å². The van der Waals surface area contributed by atoms with Crippen molar-refractivity contribution in [3.05, 3.63) is 16.1 Å². The third kappa shape index (κ3) is 4.61. The number of carbonyl (C=O) groups is 1. The molecule has 0 aliphatic rings. The molecule has 1 aromatic heterocycles. The fraction of sp³-hybridized carbons (Fsp3) is 0.556. The Bertz CT molecular complexity index is 362. The Morgan fingerprint density at radius 2 is 2.25 bits per heavy atom. The van der Waals surface area contributed by atoms with Gasteiger partial charge in [0, 0.05) is 11.8 Å². The fourth-order valence-corrected chi connectivity index (χ4v) is 1.91. The predicted molar refractivity (Wildman–Crippen MR) is 52.2 cm³/mol. The summed E-state index contributed by atoms with van der Waals surface area (Å²) in [6.45, 7) is 0. The molecule has 0 unspecified atom stereocenters. The number of alkyl halides is 3. The lowest BCUT2D eigenvalue weighted by Gasteiger charge is -2.01. The standard InChI is InChI=1S/C9H10F3NO2S/c1-15-8(14)3-2-6-5-16-7(13-6)4-9(10,11)12/h5H,2-4H2,1H3. The summed E-state index contributed by atoms with van der Waals surface area (Å²) in [5, 5.41) is 1.55. The van der Waals surface area contributed by atoms with Crippen LogP contribution in [-0.2, 0) is 22.4 Å². The first-order chi connectivity index (χ1) is 7.40. The number of aryl methyl sites for hydroxylation is 1. The van der Waals surface area contributed by atoms with Gasteiger partial charge in [0.2, 0.25) is 0 Å². The van der Waals surface area contributed by atoms with Crippen molar-refractivity contribution in [2.24, 2.45) is 0 Å². The van der Waals surface area contributed by atoms with Crippen LogP contribution in [0.25, 0.3) is 0 Å². The van der Waals surface area contributed by atoms with Crippen LogP contribution in [0.15, 0.2) is 5.38 Å². The predicted octanol–water partition coefficient (Wildman–Crippen LogP) is 2.35. The second-order valence-corrected chi connectivity index (χ2v) is 4.04. The molecule has 0 amide bonds. The van der Waals surface area contributed by atoms with Crippen molar-refractivity contribution in [1.29, 1.82) is 0 Å². The molecule has 0 aliphatic heterocycles. The third-order valence-electron chi connectivity index (χ3n) is 1.76. The minimum atomic E-state index is -4.24. The number of halogens is 3. The van der Waals surface area contributed by atoms with E-state index in [1.807, 2.05) is 0 Å². The van der Waals surface area contributed by atoms with Crippen LogP contribution in [0, 0.1) is 0 Å². The van der Waals surface area contributed by atoms with Crippen LogP contribution in [0.5, 0.6) is 0 Å². The monoisotopic (exact) mass is 253 g/mol. The third-order valence-corrected chi connectivity index (χ3v) is 2.66. The maximum Gasteiger partial charge on any atom is 0.395 e. The summed E-state index contributed by atoms with van der Waals surface area (Å²) in [5.74, 6) is -0.398. The summed E-state index contributed by atoms with van der Waals surface area (Å²) in [6, 6.07) is 0. The van der Waals surface area contributed by atoms with Crippen molar-refractivity contribution in [3.63, 3.8) is 0 Å². The highest BCUT2D eigenvalue weighted by atomic mass is 32.1. The molecule has 0 saturated heterocycles. The van der Waals surface area contributed by atoms with Crippen molar-refractivity contribution >= 4 is 17.3 Å². The summed E-state index contributed by atoms with van der Waals surface area (Å²) in [7, 11) is 1.26. The average Bonchev–Trinajstić information content (AvgIpc) is 2.59. The van der Waals surface area contributed by atoms with Gasteiger partial charge >= 0.3 is 12.1 Å². The first-order valence-corrected chi connectivity index (χ1v) is 5.35. The van der Waals surface area contributed by atoms with Crippen LogP contribution in [0.3, 0.4) is 0 Å². The van der Waals surface area contributed by atoms with E-state index in [0.29, 0.717) is 12.1 Å². The number of nitrogens with zero attached hydrogens (tertiary/aromatic N) is 1. The molecule has 7 heteroatoms. The first-order valence-electron chi connectivity index (χ1n) is 4.47. The van der Waals surface area contributed by atoms with Gasteiger partial charge in [-0.3, -0.25) is 4.79 Å². The Morgan fingerprint density at radius 1 is 1.56 bits per heavy atom. The van der Waals surface area contributed by atoms with E-state index < -0.39 is 18.6 Å². The molecule has 0 N–H and O–H groups in total. The van der Waals surface area contributed by atoms with E-state index >= 15 is 0 Å². The molecular weight excluding hydrogens is 243 g/mol. The molecule has 0 spiro atoms. The van der Waals surface area contributed by atoms with Crippen LogP contribution in [0.1, 0.15) is 17.1 Å². The second kappa shape index (κ2) is 5.29. The Hall–Kier alpha value is -1.11. The highest BCUT2D eigenvalue weighted by Gasteiger charge is 2.29. The molecule has 16 heavy (non-hydrogen) atoms. The number of thiazole rings is 1. The van der Waals surface area contributed by atoms with Crippen molar-refractivity contribution < 1.29 is 22.7 Å². The van der Waals surface area contributed by atoms with E-state index in [1.165, 1.54) is 12.5 Å². The maximum absolute atomic E-state index is 12.0. The van der Waals surface area contributed by atoms with Crippen molar-refractivity contribution in [1.82, 2.24) is 4.98 Å². The molecule has 0 aromatic carbocycles. The average molecular weight is 253 g/mol. The van der Waals surface area contributed by atoms with Crippen LogP contribution in [0.2, 0.25) is 0 Å². The Labute approximate surface area is 94.3 Å². The quantitative estimate of drug-likeness (QED) is 0.773. The van der Waals surface area contributed by atoms with E-state index in [-0.39, 0.29) is 11.4 Å². The number of hydrogen-bond donors (Lipinski definition) is 0. The Balaban J connectivity index is 2.49. The zero-order valence-electron chi connectivity index (χ0n) is 8.50. The van der Waals surface area contributed by atoms with Gasteiger partial charge in [-0.1, -0.05) is 0 Å². The van der Waals surface area contributed by atoms with Crippen LogP contribution >= 0.6 is 11.3 Å². The molecule has 0 aliphatic carbocycles. The van der Waals surface area contributed by atoms with Gasteiger partial charge in [-0.25, -0.2) is 4.98 Å². The van der Waals surface area contributed by atoms with Crippen LogP contribution in [-0.4, -0.2) is 24.2 Å². The molecule has 1 rings (SSSR count). The number of hydrogen-bond acceptors (Lipinski definition) is 4. The van der Waals surface area contributed by atoms with Gasteiger partial charge in [0.15, 0.2) is 0 Å². The van der Waals surface area contributed by atoms with Gasteiger partial charge in [-0.15, -0.1) is 11.3 Å². The molecule has 1 aromatic rings. The molecular formula is C9H10F3NO2S. The lowest BCUT2D eigenvalue weighted by Crippen LogP contribution is -2.11. The first kappa shape index (κ1) is 13.0. The summed E-state index contributed by atoms with van der Waals surface area (Å²) >= 11 is 0.952. The van der Waals surface area contributed by atoms with Gasteiger partial charge in [-0.05, 0) is 0 Å². The number of rotatable bonds is 4. The number of carbonyl (C=O) groups excluding carboxylic acids is 1. The summed E-state index contributed by atoms with van der Waals surface area (Å²) in [5.41, 5.74) is 0.495. The number of esters is 1. The summed E-state index contributed by atoms with van der Waals surface area (Å²) in [6.07, 6.45) is -4.82. The zero-order chi connectivity index (χ0) is 12.2. The summed E-state index contributed by atoms with van der Waals surface area (Å²) < 4.78 is 40.5. The molecule has 0 radical (unpaired) electrons. The SMILES string of the molecule is COC(=O)CCc1csc(CC(F)(F)F)n1. The fourth-order valence-electron chi connectivity index (χ4n) is 1.05. The van der Waals surface area contributed by atoms with Gasteiger partial charge in [0.1, 0.15) is 5.01 Å². The van der Waals surface area contributed by atoms with Crippen LogP contribution < -0.4 is 0 Å². The normalized spacial score (nSPS) is 11.5. The summed E-state index contributed by atoms with van der Waals surface area (Å²) in [4.78, 5) is 14.6. The number of methoxy groups -OCH3 is 1. The van der Waals surface area contributed by atoms with Crippen LogP contribution in [0.4, 0.5) is 13.2 Å². The second-order valence-electron chi connectivity index (χ2n) is 3.10. The topological polar surface area (TPSA) is 39.2 Å². The largest absolute Gasteiger partial charge is 0.469 e.